The molecule has 0 bridgehead atoms. The van der Waals surface area contributed by atoms with E-state index in [1.807, 2.05) is 37.7 Å². The van der Waals surface area contributed by atoms with E-state index in [0.29, 0.717) is 0 Å². The van der Waals surface area contributed by atoms with Gasteiger partial charge in [0, 0.05) is 0 Å². The van der Waals surface area contributed by atoms with Crippen LogP contribution in [0.2, 0.25) is 0 Å². The van der Waals surface area contributed by atoms with Crippen LogP contribution in [-0.2, 0) is 15.6 Å². The van der Waals surface area contributed by atoms with Crippen molar-refractivity contribution in [3.63, 3.8) is 0 Å². The third-order valence-corrected chi connectivity index (χ3v) is 10.9. The Morgan fingerprint density at radius 1 is 0.514 bits per heavy atom. The molecule has 1 nitrogen and oxygen atoms in total. The number of rotatable bonds is 7. The second-order valence-electron chi connectivity index (χ2n) is 7.98. The number of anilines is 1. The summed E-state index contributed by atoms with van der Waals surface area (Å²) in [5.74, 6) is 0. The van der Waals surface area contributed by atoms with Crippen LogP contribution in [0.4, 0.5) is 5.69 Å². The van der Waals surface area contributed by atoms with Crippen LogP contribution in [-0.4, -0.2) is 12.3 Å². The molecular weight excluding hydrogens is 694 g/mol. The van der Waals surface area contributed by atoms with Crippen molar-refractivity contribution in [1.29, 1.82) is 0 Å². The number of nitrogens with two attached hydrogens (primary N) is 1. The molecule has 0 aliphatic carbocycles. The van der Waals surface area contributed by atoms with E-state index in [9.17, 15) is 0 Å². The maximum Gasteiger partial charge on any atom is -0.0195 e. The molecule has 0 aromatic heterocycles. The van der Waals surface area contributed by atoms with Crippen molar-refractivity contribution < 1.29 is 15.6 Å². The summed E-state index contributed by atoms with van der Waals surface area (Å²) in [6, 6.07) is 54.3. The van der Waals surface area contributed by atoms with Crippen molar-refractivity contribution in [3.8, 4) is 0 Å². The van der Waals surface area contributed by atoms with Crippen LogP contribution in [0.15, 0.2) is 146 Å². The average Bonchev–Trinajstić information content (AvgIpc) is 2.99. The zero-order valence-electron chi connectivity index (χ0n) is 20.4. The summed E-state index contributed by atoms with van der Waals surface area (Å²) in [5, 5.41) is 5.89. The number of benzene rings is 5. The molecule has 0 heterocycles. The minimum atomic E-state index is -0.348. The Morgan fingerprint density at radius 2 is 0.838 bits per heavy atom. The van der Waals surface area contributed by atoms with Gasteiger partial charge in [0.05, 0.1) is 0 Å². The van der Waals surface area contributed by atoms with Crippen LogP contribution in [0.25, 0.3) is 0 Å². The van der Waals surface area contributed by atoms with E-state index >= 15 is 0 Å². The van der Waals surface area contributed by atoms with Crippen molar-refractivity contribution in [3.05, 3.63) is 152 Å². The first-order chi connectivity index (χ1) is 18.3. The Balaban J connectivity index is 0.000000361. The van der Waals surface area contributed by atoms with Gasteiger partial charge in [-0.3, -0.25) is 0 Å². The summed E-state index contributed by atoms with van der Waals surface area (Å²) in [6.45, 7) is 0. The van der Waals surface area contributed by atoms with E-state index in [4.69, 9.17) is 5.73 Å². The molecule has 5 aromatic carbocycles. The van der Waals surface area contributed by atoms with Crippen molar-refractivity contribution in [2.24, 2.45) is 0 Å². The van der Waals surface area contributed by atoms with Crippen LogP contribution in [0.3, 0.4) is 0 Å². The maximum atomic E-state index is 5.33. The van der Waals surface area contributed by atoms with E-state index < -0.39 is 0 Å². The predicted octanol–water partition coefficient (Wildman–Crippen LogP) is 7.20. The van der Waals surface area contributed by atoms with Crippen LogP contribution in [0.5, 0.6) is 0 Å². The summed E-state index contributed by atoms with van der Waals surface area (Å²) in [6.07, 6.45) is 2.41. The van der Waals surface area contributed by atoms with Gasteiger partial charge in [-0.05, 0) is 49.4 Å². The van der Waals surface area contributed by atoms with Gasteiger partial charge in [-0.2, -0.15) is 30.3 Å². The summed E-state index contributed by atoms with van der Waals surface area (Å²) in [7, 11) is -0.696. The Labute approximate surface area is 245 Å². The van der Waals surface area contributed by atoms with E-state index in [2.05, 4.69) is 143 Å². The topological polar surface area (TPSA) is 26.0 Å². The Morgan fingerprint density at radius 3 is 1.05 bits per heavy atom. The Kier molecular flexibility index (Phi) is 14.1. The van der Waals surface area contributed by atoms with Crippen molar-refractivity contribution in [2.75, 3.05) is 18.1 Å². The fourth-order valence-corrected chi connectivity index (χ4v) is 9.21. The molecule has 0 spiro atoms. The third-order valence-electron chi connectivity index (χ3n) is 5.55. The molecule has 0 aliphatic heterocycles. The minimum Gasteiger partial charge on any atom is -0.0622 e. The van der Waals surface area contributed by atoms with Crippen LogP contribution >= 0.6 is 35.4 Å². The molecule has 0 saturated carbocycles. The SMILES string of the molecule is Nc1c[c-]ccc1.[Pd+][I].c1ccc(P(CCP(c2ccccc2)c2ccccc2)c2ccccc2)cc1. The molecule has 0 fully saturated rings. The summed E-state index contributed by atoms with van der Waals surface area (Å²) < 4.78 is 0. The Bertz CT molecular complexity index is 1080. The van der Waals surface area contributed by atoms with Gasteiger partial charge in [0.2, 0.25) is 0 Å². The molecule has 5 heteroatoms. The van der Waals surface area contributed by atoms with Gasteiger partial charge in [0.15, 0.2) is 0 Å². The summed E-state index contributed by atoms with van der Waals surface area (Å²) in [5.41, 5.74) is 6.09. The third kappa shape index (κ3) is 10.1. The fourth-order valence-electron chi connectivity index (χ4n) is 3.85. The molecule has 5 rings (SSSR count). The normalized spacial score (nSPS) is 10.2. The molecule has 37 heavy (non-hydrogen) atoms. The van der Waals surface area contributed by atoms with Crippen molar-refractivity contribution in [2.45, 2.75) is 0 Å². The second-order valence-corrected chi connectivity index (χ2v) is 12.7. The maximum absolute atomic E-state index is 5.33. The zero-order valence-corrected chi connectivity index (χ0v) is 25.9. The predicted molar refractivity (Wildman–Crippen MR) is 172 cm³/mol. The monoisotopic (exact) mass is 723 g/mol. The first-order valence-corrected chi connectivity index (χ1v) is 19.6. The second kappa shape index (κ2) is 17.6. The van der Waals surface area contributed by atoms with Gasteiger partial charge in [-0.25, -0.2) is 0 Å². The molecule has 5 aromatic rings. The number of hydrogen-bond acceptors (Lipinski definition) is 1. The van der Waals surface area contributed by atoms with Crippen LogP contribution in [0.1, 0.15) is 0 Å². The minimum absolute atomic E-state index is 0.348. The van der Waals surface area contributed by atoms with E-state index in [1.54, 1.807) is 6.07 Å². The summed E-state index contributed by atoms with van der Waals surface area (Å²) in [4.78, 5) is 0. The zero-order chi connectivity index (χ0) is 26.1. The molecule has 0 saturated heterocycles. The van der Waals surface area contributed by atoms with Gasteiger partial charge < -0.3 is 5.73 Å². The molecule has 0 aliphatic rings. The molecule has 190 valence electrons. The van der Waals surface area contributed by atoms with E-state index in [0.717, 1.165) is 5.69 Å². The largest absolute Gasteiger partial charge is 0.0622 e. The molecular formula is C32H30INP2Pd. The van der Waals surface area contributed by atoms with Gasteiger partial charge in [0.25, 0.3) is 0 Å². The van der Waals surface area contributed by atoms with Crippen molar-refractivity contribution >= 4 is 62.3 Å². The van der Waals surface area contributed by atoms with Crippen LogP contribution < -0.4 is 27.0 Å². The molecule has 0 unspecified atom stereocenters. The van der Waals surface area contributed by atoms with E-state index in [1.165, 1.54) is 33.5 Å². The standard InChI is InChI=1S/C26H24P2.C6H6N.HI.Pd/c1-5-13-23(14-6-1)27(24-15-7-2-8-16-24)21-22-28(25-17-9-3-10-18-25)26-19-11-4-12-20-26;7-6-4-2-1-3-5-6;;/h1-20H,21-22H2;1-2,4-5H,7H2;1H;/q;-1;;+2/p-1. The first-order valence-electron chi connectivity index (χ1n) is 11.9. The molecule has 0 amide bonds. The number of nitrogen functional groups attached to an aromatic ring is 1. The molecule has 2 N–H and O–H groups in total. The average molecular weight is 724 g/mol. The Hall–Kier alpha value is -1.85. The van der Waals surface area contributed by atoms with Gasteiger partial charge >= 0.3 is 35.1 Å². The van der Waals surface area contributed by atoms with Crippen molar-refractivity contribution in [1.82, 2.24) is 0 Å². The van der Waals surface area contributed by atoms with Crippen LogP contribution in [0, 0.1) is 6.07 Å². The molecule has 0 atom stereocenters. The van der Waals surface area contributed by atoms with E-state index in [-0.39, 0.29) is 15.8 Å². The first kappa shape index (κ1) is 29.7. The quantitative estimate of drug-likeness (QED) is 0.0621. The smallest absolute Gasteiger partial charge is 0.0195 e. The van der Waals surface area contributed by atoms with Gasteiger partial charge in [-0.1, -0.05) is 127 Å². The number of halogens is 1. The summed E-state index contributed by atoms with van der Waals surface area (Å²) >= 11 is 4.72. The van der Waals surface area contributed by atoms with Gasteiger partial charge in [0.1, 0.15) is 0 Å². The van der Waals surface area contributed by atoms with Gasteiger partial charge in [-0.15, -0.1) is 0 Å². The molecule has 0 radical (unpaired) electrons. The number of hydrogen-bond donors (Lipinski definition) is 1. The fraction of sp³-hybridized carbons (Fsp3) is 0.0625.